The van der Waals surface area contributed by atoms with Gasteiger partial charge in [0.25, 0.3) is 5.91 Å². The van der Waals surface area contributed by atoms with Crippen LogP contribution in [0.4, 0.5) is 5.69 Å². The highest BCUT2D eigenvalue weighted by Crippen LogP contribution is 2.17. The van der Waals surface area contributed by atoms with Gasteiger partial charge >= 0.3 is 0 Å². The Balaban J connectivity index is 2.04. The number of nitrogens with one attached hydrogen (secondary N) is 1. The van der Waals surface area contributed by atoms with Crippen molar-refractivity contribution in [3.05, 3.63) is 11.9 Å². The molecule has 0 saturated carbocycles. The van der Waals surface area contributed by atoms with Gasteiger partial charge in [-0.1, -0.05) is 0 Å². The number of likely N-dealkylation sites (tertiary alicyclic amines) is 1. The highest BCUT2D eigenvalue weighted by Gasteiger charge is 2.29. The van der Waals surface area contributed by atoms with Gasteiger partial charge in [-0.25, -0.2) is 0 Å². The van der Waals surface area contributed by atoms with Crippen LogP contribution in [0.25, 0.3) is 0 Å². The maximum atomic E-state index is 12.3. The van der Waals surface area contributed by atoms with Gasteiger partial charge in [-0.05, 0) is 13.3 Å². The van der Waals surface area contributed by atoms with Crippen LogP contribution in [0.15, 0.2) is 6.20 Å². The molecule has 1 aliphatic heterocycles. The van der Waals surface area contributed by atoms with E-state index in [4.69, 9.17) is 5.73 Å². The molecule has 19 heavy (non-hydrogen) atoms. The highest BCUT2D eigenvalue weighted by molar-refractivity contribution is 5.97. The second-order valence-corrected chi connectivity index (χ2v) is 4.73. The summed E-state index contributed by atoms with van der Waals surface area (Å²) >= 11 is 0. The van der Waals surface area contributed by atoms with E-state index in [1.165, 1.54) is 6.92 Å². The van der Waals surface area contributed by atoms with Gasteiger partial charge in [0.1, 0.15) is 0 Å². The number of rotatable bonds is 3. The third kappa shape index (κ3) is 2.86. The molecule has 7 heteroatoms. The number of nitrogens with two attached hydrogens (primary N) is 1. The maximum absolute atomic E-state index is 12.3. The van der Waals surface area contributed by atoms with Crippen LogP contribution >= 0.6 is 0 Å². The molecule has 7 nitrogen and oxygen atoms in total. The van der Waals surface area contributed by atoms with Crippen LogP contribution in [-0.2, 0) is 11.3 Å². The monoisotopic (exact) mass is 265 g/mol. The molecule has 1 aromatic rings. The Kier molecular flexibility index (Phi) is 3.73. The summed E-state index contributed by atoms with van der Waals surface area (Å²) in [5, 5.41) is 6.99. The van der Waals surface area contributed by atoms with E-state index in [9.17, 15) is 9.59 Å². The van der Waals surface area contributed by atoms with Gasteiger partial charge in [0.05, 0.1) is 5.69 Å². The Morgan fingerprint density at radius 3 is 2.89 bits per heavy atom. The fourth-order valence-electron chi connectivity index (χ4n) is 2.26. The smallest absolute Gasteiger partial charge is 0.276 e. The lowest BCUT2D eigenvalue weighted by molar-refractivity contribution is -0.119. The summed E-state index contributed by atoms with van der Waals surface area (Å²) in [6.45, 7) is 5.21. The Labute approximate surface area is 111 Å². The first-order valence-corrected chi connectivity index (χ1v) is 6.40. The molecule has 2 amide bonds. The largest absolute Gasteiger partial charge is 0.396 e. The van der Waals surface area contributed by atoms with Crippen molar-refractivity contribution in [1.29, 1.82) is 0 Å². The Hall–Kier alpha value is -2.05. The van der Waals surface area contributed by atoms with E-state index in [2.05, 4.69) is 10.4 Å². The molecule has 0 aliphatic carbocycles. The number of nitrogens with zero attached hydrogens (tertiary/aromatic N) is 3. The Morgan fingerprint density at radius 2 is 2.32 bits per heavy atom. The fourth-order valence-corrected chi connectivity index (χ4v) is 2.26. The second kappa shape index (κ2) is 5.29. The molecule has 0 aromatic carbocycles. The molecular formula is C12H19N5O2. The molecule has 2 rings (SSSR count). The molecule has 0 bridgehead atoms. The average Bonchev–Trinajstić information content (AvgIpc) is 2.94. The molecular weight excluding hydrogens is 246 g/mol. The standard InChI is InChI=1S/C12H19N5O2/c1-3-17-7-10(13)11(15-17)12(19)16-5-4-9(6-16)14-8(2)18/h7,9H,3-6,13H2,1-2H3,(H,14,18). The van der Waals surface area contributed by atoms with Crippen LogP contribution < -0.4 is 11.1 Å². The molecule has 1 saturated heterocycles. The van der Waals surface area contributed by atoms with Crippen molar-refractivity contribution in [1.82, 2.24) is 20.0 Å². The summed E-state index contributed by atoms with van der Waals surface area (Å²) in [6.07, 6.45) is 2.42. The molecule has 104 valence electrons. The van der Waals surface area contributed by atoms with Gasteiger partial charge in [-0.2, -0.15) is 5.10 Å². The molecule has 1 unspecified atom stereocenters. The Bertz CT molecular complexity index is 496. The van der Waals surface area contributed by atoms with Crippen LogP contribution in [0.2, 0.25) is 0 Å². The van der Waals surface area contributed by atoms with Crippen LogP contribution in [0.1, 0.15) is 30.8 Å². The van der Waals surface area contributed by atoms with Crippen molar-refractivity contribution in [2.24, 2.45) is 0 Å². The number of hydrogen-bond acceptors (Lipinski definition) is 4. The summed E-state index contributed by atoms with van der Waals surface area (Å²) in [4.78, 5) is 25.0. The zero-order valence-electron chi connectivity index (χ0n) is 11.2. The van der Waals surface area contributed by atoms with Crippen molar-refractivity contribution in [2.45, 2.75) is 32.9 Å². The predicted molar refractivity (Wildman–Crippen MR) is 70.4 cm³/mol. The molecule has 0 spiro atoms. The maximum Gasteiger partial charge on any atom is 0.276 e. The summed E-state index contributed by atoms with van der Waals surface area (Å²) in [7, 11) is 0. The van der Waals surface area contributed by atoms with Gasteiger partial charge in [-0.15, -0.1) is 0 Å². The SMILES string of the molecule is CCn1cc(N)c(C(=O)N2CCC(NC(C)=O)C2)n1. The van der Waals surface area contributed by atoms with E-state index in [1.807, 2.05) is 6.92 Å². The van der Waals surface area contributed by atoms with Crippen molar-refractivity contribution in [3.63, 3.8) is 0 Å². The molecule has 2 heterocycles. The molecule has 0 radical (unpaired) electrons. The highest BCUT2D eigenvalue weighted by atomic mass is 16.2. The Morgan fingerprint density at radius 1 is 1.58 bits per heavy atom. The molecule has 1 fully saturated rings. The van der Waals surface area contributed by atoms with E-state index in [1.54, 1.807) is 15.8 Å². The quantitative estimate of drug-likeness (QED) is 0.794. The summed E-state index contributed by atoms with van der Waals surface area (Å²) in [5.41, 5.74) is 6.49. The van der Waals surface area contributed by atoms with Gasteiger partial charge in [0.15, 0.2) is 5.69 Å². The number of carbonyl (C=O) groups is 2. The van der Waals surface area contributed by atoms with Crippen LogP contribution in [0.5, 0.6) is 0 Å². The molecule has 1 atom stereocenters. The van der Waals surface area contributed by atoms with Gasteiger partial charge in [0, 0.05) is 38.8 Å². The van der Waals surface area contributed by atoms with Crippen molar-refractivity contribution >= 4 is 17.5 Å². The van der Waals surface area contributed by atoms with Gasteiger partial charge in [0.2, 0.25) is 5.91 Å². The summed E-state index contributed by atoms with van der Waals surface area (Å²) in [6, 6.07) is 0.0240. The van der Waals surface area contributed by atoms with E-state index < -0.39 is 0 Å². The molecule has 1 aliphatic rings. The van der Waals surface area contributed by atoms with E-state index in [0.29, 0.717) is 31.0 Å². The second-order valence-electron chi connectivity index (χ2n) is 4.73. The van der Waals surface area contributed by atoms with Crippen LogP contribution in [0.3, 0.4) is 0 Å². The first-order valence-electron chi connectivity index (χ1n) is 6.40. The minimum atomic E-state index is -0.169. The topological polar surface area (TPSA) is 93.2 Å². The minimum absolute atomic E-state index is 0.0240. The average molecular weight is 265 g/mol. The number of hydrogen-bond donors (Lipinski definition) is 2. The summed E-state index contributed by atoms with van der Waals surface area (Å²) in [5.74, 6) is -0.244. The molecule has 3 N–H and O–H groups in total. The number of amides is 2. The zero-order chi connectivity index (χ0) is 14.0. The van der Waals surface area contributed by atoms with Crippen molar-refractivity contribution < 1.29 is 9.59 Å². The zero-order valence-corrected chi connectivity index (χ0v) is 11.2. The number of aromatic nitrogens is 2. The lowest BCUT2D eigenvalue weighted by Gasteiger charge is -2.15. The number of anilines is 1. The van der Waals surface area contributed by atoms with Gasteiger partial charge < -0.3 is 16.0 Å². The third-order valence-corrected chi connectivity index (χ3v) is 3.20. The minimum Gasteiger partial charge on any atom is -0.396 e. The van der Waals surface area contributed by atoms with Gasteiger partial charge in [-0.3, -0.25) is 14.3 Å². The third-order valence-electron chi connectivity index (χ3n) is 3.20. The lowest BCUT2D eigenvalue weighted by atomic mass is 10.2. The first-order chi connectivity index (χ1) is 9.01. The van der Waals surface area contributed by atoms with Crippen molar-refractivity contribution in [3.8, 4) is 0 Å². The summed E-state index contributed by atoms with van der Waals surface area (Å²) < 4.78 is 1.64. The van der Waals surface area contributed by atoms with E-state index >= 15 is 0 Å². The van der Waals surface area contributed by atoms with E-state index in [-0.39, 0.29) is 17.9 Å². The van der Waals surface area contributed by atoms with E-state index in [0.717, 1.165) is 6.42 Å². The van der Waals surface area contributed by atoms with Crippen molar-refractivity contribution in [2.75, 3.05) is 18.8 Å². The normalized spacial score (nSPS) is 18.6. The van der Waals surface area contributed by atoms with Crippen LogP contribution in [0, 0.1) is 0 Å². The number of nitrogen functional groups attached to an aromatic ring is 1. The fraction of sp³-hybridized carbons (Fsp3) is 0.583. The van der Waals surface area contributed by atoms with Crippen LogP contribution in [-0.4, -0.2) is 45.6 Å². The molecule has 1 aromatic heterocycles. The lowest BCUT2D eigenvalue weighted by Crippen LogP contribution is -2.37. The first kappa shape index (κ1) is 13.4. The number of carbonyl (C=O) groups excluding carboxylic acids is 2. The predicted octanol–water partition coefficient (Wildman–Crippen LogP) is -0.164. The number of aryl methyl sites for hydroxylation is 1.